The number of aromatic nitrogens is 3. The second-order valence-corrected chi connectivity index (χ2v) is 8.55. The highest BCUT2D eigenvalue weighted by Crippen LogP contribution is 2.33. The maximum Gasteiger partial charge on any atom is 0.165 e. The number of anilines is 1. The molecule has 2 aromatic heterocycles. The van der Waals surface area contributed by atoms with Gasteiger partial charge in [0.1, 0.15) is 18.9 Å². The number of aryl methyl sites for hydroxylation is 2. The van der Waals surface area contributed by atoms with Gasteiger partial charge in [0.15, 0.2) is 5.65 Å². The Morgan fingerprint density at radius 1 is 1.10 bits per heavy atom. The van der Waals surface area contributed by atoms with Crippen molar-refractivity contribution in [1.29, 1.82) is 0 Å². The Labute approximate surface area is 178 Å². The maximum absolute atomic E-state index is 5.48. The first-order valence-corrected chi connectivity index (χ1v) is 11.4. The Hall–Kier alpha value is -2.44. The zero-order chi connectivity index (χ0) is 20.3. The second-order valence-electron chi connectivity index (χ2n) is 8.55. The van der Waals surface area contributed by atoms with Crippen molar-refractivity contribution in [1.82, 2.24) is 14.6 Å². The summed E-state index contributed by atoms with van der Waals surface area (Å²) in [5, 5.41) is 8.70. The Kier molecular flexibility index (Phi) is 5.69. The summed E-state index contributed by atoms with van der Waals surface area (Å²) in [4.78, 5) is 6.78. The Morgan fingerprint density at radius 3 is 2.73 bits per heavy atom. The standard InChI is InChI=1S/C24H31N5O/c1-18-22(19-8-3-2-4-9-19)24-26-21-11-6-5-10-20(21)23(29(24)27-18)25-12-7-13-28-14-16-30-17-15-28/h2-4,8-9,25H,5-7,10-17H2,1H3/p+1. The van der Waals surface area contributed by atoms with Gasteiger partial charge in [-0.3, -0.25) is 0 Å². The number of benzene rings is 1. The first-order chi connectivity index (χ1) is 14.8. The average Bonchev–Trinajstić information content (AvgIpc) is 3.12. The maximum atomic E-state index is 5.48. The number of morpholine rings is 1. The molecule has 1 aliphatic carbocycles. The molecule has 5 rings (SSSR count). The Bertz CT molecular complexity index is 1010. The van der Waals surface area contributed by atoms with Gasteiger partial charge < -0.3 is 15.0 Å². The molecule has 1 fully saturated rings. The van der Waals surface area contributed by atoms with Crippen LogP contribution in [0.2, 0.25) is 0 Å². The van der Waals surface area contributed by atoms with Gasteiger partial charge in [0, 0.05) is 29.8 Å². The fourth-order valence-electron chi connectivity index (χ4n) is 4.88. The van der Waals surface area contributed by atoms with Gasteiger partial charge in [-0.05, 0) is 38.2 Å². The summed E-state index contributed by atoms with van der Waals surface area (Å²) in [6.45, 7) is 8.32. The molecule has 6 nitrogen and oxygen atoms in total. The van der Waals surface area contributed by atoms with Gasteiger partial charge in [-0.2, -0.15) is 9.61 Å². The first-order valence-electron chi connectivity index (χ1n) is 11.4. The molecule has 0 unspecified atom stereocenters. The van der Waals surface area contributed by atoms with Crippen molar-refractivity contribution in [3.05, 3.63) is 47.3 Å². The molecule has 0 amide bonds. The molecule has 0 atom stereocenters. The molecule has 158 valence electrons. The monoisotopic (exact) mass is 406 g/mol. The lowest BCUT2D eigenvalue weighted by Gasteiger charge is -2.24. The molecule has 0 saturated carbocycles. The van der Waals surface area contributed by atoms with Gasteiger partial charge in [0.2, 0.25) is 0 Å². The van der Waals surface area contributed by atoms with E-state index in [2.05, 4.69) is 47.1 Å². The Balaban J connectivity index is 1.45. The van der Waals surface area contributed by atoms with E-state index < -0.39 is 0 Å². The summed E-state index contributed by atoms with van der Waals surface area (Å²) in [7, 11) is 0. The SMILES string of the molecule is Cc1nn2c(NCCC[NH+]3CCOCC3)c3c(nc2c1-c1ccccc1)CCCC3. The van der Waals surface area contributed by atoms with Crippen LogP contribution < -0.4 is 10.2 Å². The third-order valence-corrected chi connectivity index (χ3v) is 6.48. The van der Waals surface area contributed by atoms with Crippen molar-refractivity contribution in [2.45, 2.75) is 39.0 Å². The highest BCUT2D eigenvalue weighted by atomic mass is 16.5. The van der Waals surface area contributed by atoms with Gasteiger partial charge in [-0.25, -0.2) is 4.98 Å². The molecular formula is C24H32N5O+. The summed E-state index contributed by atoms with van der Waals surface area (Å²) in [6.07, 6.45) is 5.77. The van der Waals surface area contributed by atoms with E-state index in [1.807, 2.05) is 0 Å². The number of nitrogens with zero attached hydrogens (tertiary/aromatic N) is 3. The van der Waals surface area contributed by atoms with Crippen molar-refractivity contribution in [2.24, 2.45) is 0 Å². The van der Waals surface area contributed by atoms with E-state index in [1.165, 1.54) is 36.2 Å². The third kappa shape index (κ3) is 3.82. The van der Waals surface area contributed by atoms with Gasteiger partial charge in [0.05, 0.1) is 25.5 Å². The molecular weight excluding hydrogens is 374 g/mol. The summed E-state index contributed by atoms with van der Waals surface area (Å²) in [5.41, 5.74) is 7.00. The minimum atomic E-state index is 0.899. The van der Waals surface area contributed by atoms with E-state index in [4.69, 9.17) is 14.8 Å². The summed E-state index contributed by atoms with van der Waals surface area (Å²) >= 11 is 0. The molecule has 2 N–H and O–H groups in total. The summed E-state index contributed by atoms with van der Waals surface area (Å²) in [5.74, 6) is 1.16. The number of rotatable bonds is 6. The van der Waals surface area contributed by atoms with E-state index in [0.29, 0.717) is 0 Å². The van der Waals surface area contributed by atoms with Gasteiger partial charge in [-0.1, -0.05) is 30.3 Å². The van der Waals surface area contributed by atoms with Crippen molar-refractivity contribution in [3.63, 3.8) is 0 Å². The van der Waals surface area contributed by atoms with Crippen LogP contribution in [0, 0.1) is 6.92 Å². The molecule has 30 heavy (non-hydrogen) atoms. The molecule has 2 aliphatic rings. The molecule has 1 saturated heterocycles. The molecule has 0 radical (unpaired) electrons. The lowest BCUT2D eigenvalue weighted by atomic mass is 9.96. The van der Waals surface area contributed by atoms with Gasteiger partial charge in [0.25, 0.3) is 0 Å². The van der Waals surface area contributed by atoms with Crippen LogP contribution >= 0.6 is 0 Å². The van der Waals surface area contributed by atoms with Crippen molar-refractivity contribution in [2.75, 3.05) is 44.7 Å². The van der Waals surface area contributed by atoms with Crippen molar-refractivity contribution < 1.29 is 9.64 Å². The predicted octanol–water partition coefficient (Wildman–Crippen LogP) is 2.30. The van der Waals surface area contributed by atoms with Crippen LogP contribution in [0.4, 0.5) is 5.82 Å². The fourth-order valence-corrected chi connectivity index (χ4v) is 4.88. The number of fused-ring (bicyclic) bond motifs is 2. The molecule has 1 aliphatic heterocycles. The number of hydrogen-bond donors (Lipinski definition) is 2. The van der Waals surface area contributed by atoms with Crippen LogP contribution in [0.3, 0.4) is 0 Å². The van der Waals surface area contributed by atoms with Gasteiger partial charge >= 0.3 is 0 Å². The van der Waals surface area contributed by atoms with E-state index in [9.17, 15) is 0 Å². The lowest BCUT2D eigenvalue weighted by molar-refractivity contribution is -0.908. The fraction of sp³-hybridized carbons (Fsp3) is 0.500. The van der Waals surface area contributed by atoms with E-state index in [1.54, 1.807) is 4.90 Å². The zero-order valence-corrected chi connectivity index (χ0v) is 17.9. The van der Waals surface area contributed by atoms with Crippen LogP contribution in [0.5, 0.6) is 0 Å². The normalized spacial score (nSPS) is 17.2. The zero-order valence-electron chi connectivity index (χ0n) is 17.9. The van der Waals surface area contributed by atoms with E-state index >= 15 is 0 Å². The third-order valence-electron chi connectivity index (χ3n) is 6.48. The van der Waals surface area contributed by atoms with Crippen LogP contribution in [-0.2, 0) is 17.6 Å². The van der Waals surface area contributed by atoms with Crippen molar-refractivity contribution >= 4 is 11.5 Å². The summed E-state index contributed by atoms with van der Waals surface area (Å²) < 4.78 is 7.55. The van der Waals surface area contributed by atoms with Crippen molar-refractivity contribution in [3.8, 4) is 11.1 Å². The number of nitrogens with one attached hydrogen (secondary N) is 2. The van der Waals surface area contributed by atoms with Crippen LogP contribution in [0.15, 0.2) is 30.3 Å². The second kappa shape index (κ2) is 8.74. The largest absolute Gasteiger partial charge is 0.370 e. The van der Waals surface area contributed by atoms with E-state index in [0.717, 1.165) is 74.8 Å². The average molecular weight is 407 g/mol. The lowest BCUT2D eigenvalue weighted by Crippen LogP contribution is -3.14. The van der Waals surface area contributed by atoms with Crippen LogP contribution in [0.1, 0.15) is 36.2 Å². The van der Waals surface area contributed by atoms with E-state index in [-0.39, 0.29) is 0 Å². The minimum Gasteiger partial charge on any atom is -0.370 e. The van der Waals surface area contributed by atoms with Crippen LogP contribution in [0.25, 0.3) is 16.8 Å². The first kappa shape index (κ1) is 19.5. The topological polar surface area (TPSA) is 55.9 Å². The number of hydrogen-bond acceptors (Lipinski definition) is 4. The highest BCUT2D eigenvalue weighted by Gasteiger charge is 2.23. The predicted molar refractivity (Wildman–Crippen MR) is 119 cm³/mol. The quantitative estimate of drug-likeness (QED) is 0.617. The molecule has 6 heteroatoms. The number of quaternary nitrogens is 1. The highest BCUT2D eigenvalue weighted by molar-refractivity contribution is 5.81. The Morgan fingerprint density at radius 2 is 1.90 bits per heavy atom. The smallest absolute Gasteiger partial charge is 0.165 e. The molecule has 0 spiro atoms. The molecule has 3 aromatic rings. The van der Waals surface area contributed by atoms with Crippen LogP contribution in [-0.4, -0.2) is 54.0 Å². The van der Waals surface area contributed by atoms with Gasteiger partial charge in [-0.15, -0.1) is 0 Å². The minimum absolute atomic E-state index is 0.899. The molecule has 1 aromatic carbocycles. The summed E-state index contributed by atoms with van der Waals surface area (Å²) in [6, 6.07) is 10.5. The molecule has 0 bridgehead atoms. The molecule has 3 heterocycles. The number of ether oxygens (including phenoxy) is 1.